The van der Waals surface area contributed by atoms with Gasteiger partial charge in [-0.3, -0.25) is 14.4 Å². The van der Waals surface area contributed by atoms with Crippen molar-refractivity contribution in [1.29, 1.82) is 0 Å². The van der Waals surface area contributed by atoms with Gasteiger partial charge in [0.2, 0.25) is 11.8 Å². The van der Waals surface area contributed by atoms with Gasteiger partial charge in [0.15, 0.2) is 0 Å². The van der Waals surface area contributed by atoms with Gasteiger partial charge in [-0.2, -0.15) is 0 Å². The van der Waals surface area contributed by atoms with Crippen LogP contribution in [0.2, 0.25) is 0 Å². The smallest absolute Gasteiger partial charge is 0.264 e. The molecule has 3 N–H and O–H groups in total. The minimum atomic E-state index is -3.94. The maximum absolute atomic E-state index is 12.3. The SMILES string of the molecule is COc1cc(OC)cc(C(=O)NCCC(=O)Nc2ccc(S(=O)(=O)NC(C)=O)cc2)c1. The molecule has 2 aromatic rings. The van der Waals surface area contributed by atoms with Gasteiger partial charge in [0.1, 0.15) is 11.5 Å². The molecule has 0 aromatic heterocycles. The fourth-order valence-electron chi connectivity index (χ4n) is 2.52. The molecule has 0 saturated carbocycles. The molecule has 3 amide bonds. The van der Waals surface area contributed by atoms with Gasteiger partial charge in [-0.1, -0.05) is 0 Å². The van der Waals surface area contributed by atoms with Crippen LogP contribution in [0.5, 0.6) is 11.5 Å². The first-order chi connectivity index (χ1) is 14.6. The second-order valence-corrected chi connectivity index (χ2v) is 8.02. The average molecular weight is 449 g/mol. The maximum Gasteiger partial charge on any atom is 0.264 e. The Balaban J connectivity index is 1.88. The average Bonchev–Trinajstić information content (AvgIpc) is 2.72. The summed E-state index contributed by atoms with van der Waals surface area (Å²) in [7, 11) is -0.993. The van der Waals surface area contributed by atoms with Crippen LogP contribution >= 0.6 is 0 Å². The molecule has 31 heavy (non-hydrogen) atoms. The summed E-state index contributed by atoms with van der Waals surface area (Å²) in [4.78, 5) is 35.2. The van der Waals surface area contributed by atoms with Crippen molar-refractivity contribution >= 4 is 33.4 Å². The molecular weight excluding hydrogens is 426 g/mol. The fraction of sp³-hybridized carbons (Fsp3) is 0.250. The zero-order valence-corrected chi connectivity index (χ0v) is 18.0. The quantitative estimate of drug-likeness (QED) is 0.524. The number of benzene rings is 2. The third-order valence-corrected chi connectivity index (χ3v) is 5.43. The number of carbonyl (C=O) groups is 3. The summed E-state index contributed by atoms with van der Waals surface area (Å²) in [6, 6.07) is 10.1. The molecule has 0 atom stereocenters. The molecule has 0 aliphatic heterocycles. The predicted octanol–water partition coefficient (Wildman–Crippen LogP) is 1.29. The lowest BCUT2D eigenvalue weighted by Crippen LogP contribution is -2.28. The summed E-state index contributed by atoms with van der Waals surface area (Å²) in [6.07, 6.45) is -0.00120. The van der Waals surface area contributed by atoms with Crippen LogP contribution < -0.4 is 24.8 Å². The summed E-state index contributed by atoms with van der Waals surface area (Å²) >= 11 is 0. The van der Waals surface area contributed by atoms with Gasteiger partial charge >= 0.3 is 0 Å². The number of amides is 3. The molecule has 2 rings (SSSR count). The number of rotatable bonds is 9. The molecule has 0 radical (unpaired) electrons. The lowest BCUT2D eigenvalue weighted by Gasteiger charge is -2.10. The van der Waals surface area contributed by atoms with E-state index >= 15 is 0 Å². The number of anilines is 1. The van der Waals surface area contributed by atoms with Crippen LogP contribution in [-0.4, -0.2) is 46.9 Å². The standard InChI is InChI=1S/C20H23N3O7S/c1-13(24)23-31(27,28)18-6-4-15(5-7-18)22-19(25)8-9-21-20(26)14-10-16(29-2)12-17(11-14)30-3/h4-7,10-12H,8-9H2,1-3H3,(H,21,26)(H,22,25)(H,23,24). The first-order valence-corrected chi connectivity index (χ1v) is 10.6. The highest BCUT2D eigenvalue weighted by Crippen LogP contribution is 2.22. The highest BCUT2D eigenvalue weighted by Gasteiger charge is 2.15. The van der Waals surface area contributed by atoms with E-state index in [-0.39, 0.29) is 23.8 Å². The lowest BCUT2D eigenvalue weighted by molar-refractivity contribution is -0.117. The Labute approximate surface area is 180 Å². The largest absolute Gasteiger partial charge is 0.497 e. The van der Waals surface area contributed by atoms with E-state index in [4.69, 9.17) is 9.47 Å². The number of sulfonamides is 1. The van der Waals surface area contributed by atoms with E-state index in [1.165, 1.54) is 38.5 Å². The van der Waals surface area contributed by atoms with E-state index in [9.17, 15) is 22.8 Å². The van der Waals surface area contributed by atoms with Gasteiger partial charge in [0.25, 0.3) is 15.9 Å². The Kier molecular flexibility index (Phi) is 7.97. The molecule has 0 bridgehead atoms. The van der Waals surface area contributed by atoms with Crippen LogP contribution in [0.25, 0.3) is 0 Å². The van der Waals surface area contributed by atoms with Gasteiger partial charge < -0.3 is 20.1 Å². The number of carbonyl (C=O) groups excluding carboxylic acids is 3. The topological polar surface area (TPSA) is 140 Å². The summed E-state index contributed by atoms with van der Waals surface area (Å²) in [5.74, 6) is -0.539. The molecular formula is C20H23N3O7S. The molecule has 166 valence electrons. The molecule has 0 heterocycles. The minimum absolute atomic E-state index is 0.00120. The van der Waals surface area contributed by atoms with Crippen LogP contribution in [-0.2, 0) is 19.6 Å². The molecule has 10 nitrogen and oxygen atoms in total. The van der Waals surface area contributed by atoms with Crippen LogP contribution in [0.3, 0.4) is 0 Å². The highest BCUT2D eigenvalue weighted by molar-refractivity contribution is 7.90. The molecule has 0 fully saturated rings. The number of methoxy groups -OCH3 is 2. The zero-order chi connectivity index (χ0) is 23.0. The number of nitrogens with one attached hydrogen (secondary N) is 3. The predicted molar refractivity (Wildman–Crippen MR) is 113 cm³/mol. The minimum Gasteiger partial charge on any atom is -0.497 e. The third kappa shape index (κ3) is 7.00. The van der Waals surface area contributed by atoms with E-state index in [2.05, 4.69) is 10.6 Å². The van der Waals surface area contributed by atoms with Crippen molar-refractivity contribution in [2.75, 3.05) is 26.1 Å². The van der Waals surface area contributed by atoms with Gasteiger partial charge in [-0.05, 0) is 36.4 Å². The summed E-state index contributed by atoms with van der Waals surface area (Å²) in [5, 5.41) is 5.23. The van der Waals surface area contributed by atoms with Crippen molar-refractivity contribution in [3.63, 3.8) is 0 Å². The second-order valence-electron chi connectivity index (χ2n) is 6.34. The number of hydrogen-bond donors (Lipinski definition) is 3. The monoisotopic (exact) mass is 449 g/mol. The van der Waals surface area contributed by atoms with Crippen molar-refractivity contribution in [3.05, 3.63) is 48.0 Å². The van der Waals surface area contributed by atoms with Crippen LogP contribution in [0.4, 0.5) is 5.69 Å². The highest BCUT2D eigenvalue weighted by atomic mass is 32.2. The van der Waals surface area contributed by atoms with Crippen molar-refractivity contribution in [2.24, 2.45) is 0 Å². The Morgan fingerprint density at radius 3 is 2.03 bits per heavy atom. The molecule has 0 aliphatic carbocycles. The zero-order valence-electron chi connectivity index (χ0n) is 17.2. The molecule has 0 spiro atoms. The van der Waals surface area contributed by atoms with Gasteiger partial charge in [-0.15, -0.1) is 0 Å². The molecule has 2 aromatic carbocycles. The van der Waals surface area contributed by atoms with Crippen molar-refractivity contribution < 1.29 is 32.3 Å². The van der Waals surface area contributed by atoms with Gasteiger partial charge in [0.05, 0.1) is 19.1 Å². The van der Waals surface area contributed by atoms with E-state index in [0.29, 0.717) is 22.7 Å². The molecule has 11 heteroatoms. The molecule has 0 saturated heterocycles. The summed E-state index contributed by atoms with van der Waals surface area (Å²) in [5.41, 5.74) is 0.697. The van der Waals surface area contributed by atoms with Crippen molar-refractivity contribution in [1.82, 2.24) is 10.0 Å². The fourth-order valence-corrected chi connectivity index (χ4v) is 3.51. The maximum atomic E-state index is 12.3. The van der Waals surface area contributed by atoms with Crippen LogP contribution in [0, 0.1) is 0 Å². The Hall–Kier alpha value is -3.60. The van der Waals surface area contributed by atoms with E-state index in [1.807, 2.05) is 4.72 Å². The first kappa shape index (κ1) is 23.7. The number of ether oxygens (including phenoxy) is 2. The van der Waals surface area contributed by atoms with Crippen LogP contribution in [0.15, 0.2) is 47.4 Å². The Bertz CT molecular complexity index is 1040. The Morgan fingerprint density at radius 1 is 0.935 bits per heavy atom. The normalized spacial score (nSPS) is 10.7. The van der Waals surface area contributed by atoms with Crippen molar-refractivity contribution in [2.45, 2.75) is 18.2 Å². The van der Waals surface area contributed by atoms with E-state index < -0.39 is 21.8 Å². The van der Waals surface area contributed by atoms with Gasteiger partial charge in [0, 0.05) is 37.2 Å². The molecule has 0 aliphatic rings. The van der Waals surface area contributed by atoms with Gasteiger partial charge in [-0.25, -0.2) is 13.1 Å². The molecule has 0 unspecified atom stereocenters. The summed E-state index contributed by atoms with van der Waals surface area (Å²) < 4.78 is 35.9. The van der Waals surface area contributed by atoms with Crippen LogP contribution in [0.1, 0.15) is 23.7 Å². The van der Waals surface area contributed by atoms with E-state index in [0.717, 1.165) is 6.92 Å². The Morgan fingerprint density at radius 2 is 1.52 bits per heavy atom. The number of hydrogen-bond acceptors (Lipinski definition) is 7. The second kappa shape index (κ2) is 10.4. The van der Waals surface area contributed by atoms with E-state index in [1.54, 1.807) is 18.2 Å². The third-order valence-electron chi connectivity index (χ3n) is 3.98. The summed E-state index contributed by atoms with van der Waals surface area (Å²) in [6.45, 7) is 1.18. The van der Waals surface area contributed by atoms with Crippen molar-refractivity contribution in [3.8, 4) is 11.5 Å². The lowest BCUT2D eigenvalue weighted by atomic mass is 10.2. The first-order valence-electron chi connectivity index (χ1n) is 9.09.